The Bertz CT molecular complexity index is 329. The smallest absolute Gasteiger partial charge is 0.317 e. The van der Waals surface area contributed by atoms with E-state index in [1.54, 1.807) is 4.90 Å². The molecule has 1 atom stereocenters. The summed E-state index contributed by atoms with van der Waals surface area (Å²) < 4.78 is 0. The summed E-state index contributed by atoms with van der Waals surface area (Å²) in [6.45, 7) is 5.04. The highest BCUT2D eigenvalue weighted by Crippen LogP contribution is 2.26. The van der Waals surface area contributed by atoms with Crippen molar-refractivity contribution in [3.05, 3.63) is 0 Å². The molecule has 1 unspecified atom stereocenters. The molecular formula is C13H24N2O4. The molecule has 0 saturated carbocycles. The Morgan fingerprint density at radius 2 is 2.00 bits per heavy atom. The van der Waals surface area contributed by atoms with Crippen LogP contribution in [0.5, 0.6) is 0 Å². The molecule has 0 aliphatic carbocycles. The second-order valence-electron chi connectivity index (χ2n) is 5.23. The molecule has 6 heteroatoms. The van der Waals surface area contributed by atoms with Crippen LogP contribution >= 0.6 is 0 Å². The number of hydrogen-bond donors (Lipinski definition) is 3. The van der Waals surface area contributed by atoms with Crippen molar-refractivity contribution in [2.45, 2.75) is 33.1 Å². The van der Waals surface area contributed by atoms with Gasteiger partial charge in [0.05, 0.1) is 5.41 Å². The first kappa shape index (κ1) is 15.8. The molecule has 0 bridgehead atoms. The molecule has 110 valence electrons. The van der Waals surface area contributed by atoms with Gasteiger partial charge in [-0.15, -0.1) is 0 Å². The van der Waals surface area contributed by atoms with Crippen molar-refractivity contribution in [2.75, 3.05) is 26.2 Å². The number of carboxylic acids is 1. The van der Waals surface area contributed by atoms with Gasteiger partial charge in [0, 0.05) is 32.2 Å². The zero-order valence-electron chi connectivity index (χ0n) is 11.7. The van der Waals surface area contributed by atoms with Crippen LogP contribution in [0.15, 0.2) is 0 Å². The van der Waals surface area contributed by atoms with Crippen molar-refractivity contribution < 1.29 is 19.8 Å². The summed E-state index contributed by atoms with van der Waals surface area (Å²) >= 11 is 0. The van der Waals surface area contributed by atoms with Crippen LogP contribution in [0.25, 0.3) is 0 Å². The first-order valence-corrected chi connectivity index (χ1v) is 6.86. The van der Waals surface area contributed by atoms with Crippen molar-refractivity contribution >= 4 is 12.0 Å². The molecule has 1 aliphatic heterocycles. The van der Waals surface area contributed by atoms with Crippen LogP contribution in [-0.2, 0) is 4.79 Å². The maximum absolute atomic E-state index is 11.9. The average Bonchev–Trinajstić information content (AvgIpc) is 2.88. The van der Waals surface area contributed by atoms with Crippen LogP contribution in [0.2, 0.25) is 0 Å². The monoisotopic (exact) mass is 272 g/mol. The lowest BCUT2D eigenvalue weighted by atomic mass is 9.82. The average molecular weight is 272 g/mol. The van der Waals surface area contributed by atoms with Crippen molar-refractivity contribution in [1.29, 1.82) is 0 Å². The quantitative estimate of drug-likeness (QED) is 0.670. The van der Waals surface area contributed by atoms with Gasteiger partial charge in [-0.05, 0) is 19.3 Å². The molecule has 1 fully saturated rings. The SMILES string of the molecule is CCC(CC)(CNC(=O)N1CCC(CO)C1)C(=O)O. The van der Waals surface area contributed by atoms with Gasteiger partial charge in [0.15, 0.2) is 0 Å². The molecule has 1 heterocycles. The zero-order chi connectivity index (χ0) is 14.5. The molecule has 6 nitrogen and oxygen atoms in total. The fourth-order valence-corrected chi connectivity index (χ4v) is 2.40. The number of aliphatic hydroxyl groups is 1. The predicted octanol–water partition coefficient (Wildman–Crippen LogP) is 0.901. The van der Waals surface area contributed by atoms with Gasteiger partial charge in [0.2, 0.25) is 0 Å². The van der Waals surface area contributed by atoms with Gasteiger partial charge in [-0.3, -0.25) is 4.79 Å². The normalized spacial score (nSPS) is 19.5. The van der Waals surface area contributed by atoms with Gasteiger partial charge in [0.1, 0.15) is 0 Å². The first-order valence-electron chi connectivity index (χ1n) is 6.86. The number of hydrogen-bond acceptors (Lipinski definition) is 3. The number of aliphatic hydroxyl groups excluding tert-OH is 1. The molecular weight excluding hydrogens is 248 g/mol. The number of urea groups is 1. The van der Waals surface area contributed by atoms with Gasteiger partial charge in [-0.25, -0.2) is 4.79 Å². The molecule has 1 rings (SSSR count). The van der Waals surface area contributed by atoms with E-state index in [2.05, 4.69) is 5.32 Å². The summed E-state index contributed by atoms with van der Waals surface area (Å²) in [7, 11) is 0. The molecule has 2 amide bonds. The Kier molecular flexibility index (Phi) is 5.60. The van der Waals surface area contributed by atoms with Gasteiger partial charge in [-0.2, -0.15) is 0 Å². The fourth-order valence-electron chi connectivity index (χ4n) is 2.40. The third-order valence-electron chi connectivity index (χ3n) is 4.22. The number of likely N-dealkylation sites (tertiary alicyclic amines) is 1. The minimum atomic E-state index is -0.883. The topological polar surface area (TPSA) is 89.9 Å². The van der Waals surface area contributed by atoms with Crippen LogP contribution < -0.4 is 5.32 Å². The molecule has 0 aromatic heterocycles. The largest absolute Gasteiger partial charge is 0.481 e. The van der Waals surface area contributed by atoms with Crippen LogP contribution in [0, 0.1) is 11.3 Å². The van der Waals surface area contributed by atoms with Crippen LogP contribution in [0.4, 0.5) is 4.79 Å². The highest BCUT2D eigenvalue weighted by Gasteiger charge is 2.36. The van der Waals surface area contributed by atoms with Crippen LogP contribution in [-0.4, -0.2) is 53.4 Å². The van der Waals surface area contributed by atoms with E-state index >= 15 is 0 Å². The molecule has 0 spiro atoms. The van der Waals surface area contributed by atoms with Gasteiger partial charge < -0.3 is 20.4 Å². The fraction of sp³-hybridized carbons (Fsp3) is 0.846. The summed E-state index contributed by atoms with van der Waals surface area (Å²) in [4.78, 5) is 24.9. The van der Waals surface area contributed by atoms with E-state index in [-0.39, 0.29) is 25.1 Å². The molecule has 19 heavy (non-hydrogen) atoms. The van der Waals surface area contributed by atoms with Crippen molar-refractivity contribution in [2.24, 2.45) is 11.3 Å². The molecule has 3 N–H and O–H groups in total. The second-order valence-corrected chi connectivity index (χ2v) is 5.23. The number of amides is 2. The van der Waals surface area contributed by atoms with E-state index in [9.17, 15) is 14.7 Å². The summed E-state index contributed by atoms with van der Waals surface area (Å²) in [6, 6.07) is -0.233. The number of rotatable bonds is 6. The van der Waals surface area contributed by atoms with Gasteiger partial charge in [0.25, 0.3) is 0 Å². The Labute approximate surface area is 113 Å². The first-order chi connectivity index (χ1) is 8.99. The number of aliphatic carboxylic acids is 1. The number of nitrogens with zero attached hydrogens (tertiary/aromatic N) is 1. The highest BCUT2D eigenvalue weighted by molar-refractivity contribution is 5.78. The number of nitrogens with one attached hydrogen (secondary N) is 1. The highest BCUT2D eigenvalue weighted by atomic mass is 16.4. The lowest BCUT2D eigenvalue weighted by molar-refractivity contribution is -0.149. The molecule has 0 aromatic carbocycles. The van der Waals surface area contributed by atoms with E-state index in [4.69, 9.17) is 5.11 Å². The zero-order valence-corrected chi connectivity index (χ0v) is 11.7. The van der Waals surface area contributed by atoms with Gasteiger partial charge in [-0.1, -0.05) is 13.8 Å². The van der Waals surface area contributed by atoms with Crippen molar-refractivity contribution in [3.63, 3.8) is 0 Å². The summed E-state index contributed by atoms with van der Waals surface area (Å²) in [5.41, 5.74) is -0.883. The van der Waals surface area contributed by atoms with E-state index in [1.165, 1.54) is 0 Å². The third kappa shape index (κ3) is 3.59. The summed E-state index contributed by atoms with van der Waals surface area (Å²) in [6.07, 6.45) is 1.77. The molecule has 0 radical (unpaired) electrons. The Morgan fingerprint density at radius 1 is 1.37 bits per heavy atom. The molecule has 0 aromatic rings. The third-order valence-corrected chi connectivity index (χ3v) is 4.22. The van der Waals surface area contributed by atoms with E-state index in [0.717, 1.165) is 6.42 Å². The Balaban J connectivity index is 2.51. The maximum atomic E-state index is 11.9. The van der Waals surface area contributed by atoms with E-state index in [1.807, 2.05) is 13.8 Å². The lowest BCUT2D eigenvalue weighted by Crippen LogP contribution is -2.46. The minimum Gasteiger partial charge on any atom is -0.481 e. The number of carboxylic acid groups (broad SMARTS) is 1. The predicted molar refractivity (Wildman–Crippen MR) is 70.8 cm³/mol. The lowest BCUT2D eigenvalue weighted by Gasteiger charge is -2.28. The van der Waals surface area contributed by atoms with Crippen LogP contribution in [0.3, 0.4) is 0 Å². The van der Waals surface area contributed by atoms with E-state index in [0.29, 0.717) is 25.9 Å². The van der Waals surface area contributed by atoms with Crippen LogP contribution in [0.1, 0.15) is 33.1 Å². The maximum Gasteiger partial charge on any atom is 0.317 e. The summed E-state index contributed by atoms with van der Waals surface area (Å²) in [5.74, 6) is -0.722. The second kappa shape index (κ2) is 6.75. The number of carbonyl (C=O) groups is 2. The van der Waals surface area contributed by atoms with Crippen molar-refractivity contribution in [1.82, 2.24) is 10.2 Å². The Morgan fingerprint density at radius 3 is 2.42 bits per heavy atom. The standard InChI is InChI=1S/C13H24N2O4/c1-3-13(4-2,11(17)18)9-14-12(19)15-6-5-10(7-15)8-16/h10,16H,3-9H2,1-2H3,(H,14,19)(H,17,18). The van der Waals surface area contributed by atoms with Gasteiger partial charge >= 0.3 is 12.0 Å². The van der Waals surface area contributed by atoms with Crippen molar-refractivity contribution in [3.8, 4) is 0 Å². The molecule has 1 saturated heterocycles. The molecule has 1 aliphatic rings. The number of carbonyl (C=O) groups excluding carboxylic acids is 1. The minimum absolute atomic E-state index is 0.0900. The van der Waals surface area contributed by atoms with E-state index < -0.39 is 11.4 Å². The summed E-state index contributed by atoms with van der Waals surface area (Å²) in [5, 5.41) is 21.0. The Hall–Kier alpha value is -1.30.